The van der Waals surface area contributed by atoms with Gasteiger partial charge in [0.1, 0.15) is 0 Å². The van der Waals surface area contributed by atoms with Crippen molar-refractivity contribution in [3.63, 3.8) is 0 Å². The number of aromatic nitrogens is 1. The Morgan fingerprint density at radius 1 is 1.31 bits per heavy atom. The molecule has 0 aliphatic heterocycles. The molecule has 0 atom stereocenters. The zero-order valence-corrected chi connectivity index (χ0v) is 11.2. The van der Waals surface area contributed by atoms with Crippen molar-refractivity contribution in [3.05, 3.63) is 66.9 Å². The van der Waals surface area contributed by atoms with Gasteiger partial charge in [0, 0.05) is 26.3 Å². The summed E-state index contributed by atoms with van der Waals surface area (Å²) in [7, 11) is 0. The summed E-state index contributed by atoms with van der Waals surface area (Å²) in [6, 6.07) is 15.2. The van der Waals surface area contributed by atoms with Gasteiger partial charge in [-0.1, -0.05) is 18.2 Å². The Morgan fingerprint density at radius 2 is 2.19 bits per heavy atom. The third-order valence-electron chi connectivity index (χ3n) is 2.19. The molecular formula is C14H12IrN-. The molecule has 0 bridgehead atoms. The number of allylic oxidation sites excluding steroid dienone is 1. The number of hydrogen-bond donors (Lipinski definition) is 0. The van der Waals surface area contributed by atoms with Gasteiger partial charge in [-0.25, -0.2) is 0 Å². The van der Waals surface area contributed by atoms with Gasteiger partial charge in [-0.05, 0) is 18.2 Å². The minimum Gasteiger partial charge on any atom is -0.305 e. The maximum atomic E-state index is 4.29. The predicted molar refractivity (Wildman–Crippen MR) is 62.4 cm³/mol. The van der Waals surface area contributed by atoms with Crippen LogP contribution in [0.25, 0.3) is 11.3 Å². The molecule has 0 saturated heterocycles. The quantitative estimate of drug-likeness (QED) is 0.583. The van der Waals surface area contributed by atoms with E-state index in [9.17, 15) is 0 Å². The maximum Gasteiger partial charge on any atom is 0.0160 e. The minimum absolute atomic E-state index is 0. The molecule has 1 nitrogen and oxygen atoms in total. The van der Waals surface area contributed by atoms with E-state index < -0.39 is 0 Å². The molecule has 0 fully saturated rings. The van der Waals surface area contributed by atoms with E-state index in [2.05, 4.69) is 23.7 Å². The Labute approximate surface area is 110 Å². The molecule has 2 rings (SSSR count). The second kappa shape index (κ2) is 6.37. The van der Waals surface area contributed by atoms with Crippen molar-refractivity contribution < 1.29 is 20.1 Å². The van der Waals surface area contributed by atoms with Gasteiger partial charge in [-0.15, -0.1) is 42.0 Å². The molecule has 0 saturated carbocycles. The number of hydrogen-bond acceptors (Lipinski definition) is 1. The first-order valence-electron chi connectivity index (χ1n) is 4.93. The fourth-order valence-corrected chi connectivity index (χ4v) is 1.48. The van der Waals surface area contributed by atoms with Crippen molar-refractivity contribution in [1.82, 2.24) is 4.98 Å². The van der Waals surface area contributed by atoms with Crippen LogP contribution in [0.4, 0.5) is 0 Å². The average Bonchev–Trinajstić information content (AvgIpc) is 2.31. The molecule has 2 aromatic rings. The summed E-state index contributed by atoms with van der Waals surface area (Å²) in [5.74, 6) is 0. The SMILES string of the molecule is C=CCc1cc[c-]c(-c2ccccn2)c1.[Ir]. The maximum absolute atomic E-state index is 4.29. The smallest absolute Gasteiger partial charge is 0.0160 e. The molecule has 0 aliphatic rings. The molecule has 1 aromatic heterocycles. The number of nitrogens with zero attached hydrogens (tertiary/aromatic N) is 1. The van der Waals surface area contributed by atoms with Gasteiger partial charge in [0.2, 0.25) is 0 Å². The third-order valence-corrected chi connectivity index (χ3v) is 2.19. The molecule has 0 N–H and O–H groups in total. The van der Waals surface area contributed by atoms with Crippen molar-refractivity contribution in [2.75, 3.05) is 0 Å². The van der Waals surface area contributed by atoms with E-state index in [1.807, 2.05) is 36.4 Å². The summed E-state index contributed by atoms with van der Waals surface area (Å²) in [5, 5.41) is 0. The van der Waals surface area contributed by atoms with Crippen LogP contribution in [-0.4, -0.2) is 4.98 Å². The van der Waals surface area contributed by atoms with Crippen LogP contribution in [0.15, 0.2) is 55.3 Å². The largest absolute Gasteiger partial charge is 0.305 e. The van der Waals surface area contributed by atoms with Crippen molar-refractivity contribution in [1.29, 1.82) is 0 Å². The van der Waals surface area contributed by atoms with Gasteiger partial charge in [0.25, 0.3) is 0 Å². The van der Waals surface area contributed by atoms with Crippen LogP contribution in [0, 0.1) is 6.07 Å². The first-order valence-corrected chi connectivity index (χ1v) is 4.93. The number of rotatable bonds is 3. The molecule has 1 aromatic carbocycles. The van der Waals surface area contributed by atoms with Crippen LogP contribution in [0.3, 0.4) is 0 Å². The van der Waals surface area contributed by atoms with E-state index in [0.29, 0.717) is 0 Å². The van der Waals surface area contributed by atoms with Crippen molar-refractivity contribution in [3.8, 4) is 11.3 Å². The Balaban J connectivity index is 0.00000128. The van der Waals surface area contributed by atoms with Gasteiger partial charge in [0.05, 0.1) is 0 Å². The second-order valence-electron chi connectivity index (χ2n) is 3.32. The van der Waals surface area contributed by atoms with Crippen LogP contribution >= 0.6 is 0 Å². The van der Waals surface area contributed by atoms with Crippen LogP contribution in [0.1, 0.15) is 5.56 Å². The molecule has 0 unspecified atom stereocenters. The van der Waals surface area contributed by atoms with Gasteiger partial charge < -0.3 is 4.98 Å². The second-order valence-corrected chi connectivity index (χ2v) is 3.32. The van der Waals surface area contributed by atoms with Crippen LogP contribution in [-0.2, 0) is 26.5 Å². The van der Waals surface area contributed by atoms with Gasteiger partial charge in [0.15, 0.2) is 0 Å². The first-order chi connectivity index (χ1) is 7.40. The van der Waals surface area contributed by atoms with E-state index in [0.717, 1.165) is 17.7 Å². The van der Waals surface area contributed by atoms with Gasteiger partial charge in [-0.3, -0.25) is 0 Å². The van der Waals surface area contributed by atoms with Gasteiger partial charge >= 0.3 is 0 Å². The summed E-state index contributed by atoms with van der Waals surface area (Å²) < 4.78 is 0. The van der Waals surface area contributed by atoms with Crippen molar-refractivity contribution in [2.45, 2.75) is 6.42 Å². The van der Waals surface area contributed by atoms with E-state index in [1.54, 1.807) is 6.20 Å². The summed E-state index contributed by atoms with van der Waals surface area (Å²) in [5.41, 5.74) is 3.24. The van der Waals surface area contributed by atoms with E-state index in [-0.39, 0.29) is 20.1 Å². The van der Waals surface area contributed by atoms with Crippen molar-refractivity contribution >= 4 is 0 Å². The molecule has 83 valence electrons. The van der Waals surface area contributed by atoms with Crippen LogP contribution in [0.2, 0.25) is 0 Å². The number of benzene rings is 1. The molecule has 0 aliphatic carbocycles. The van der Waals surface area contributed by atoms with E-state index in [4.69, 9.17) is 0 Å². The minimum atomic E-state index is 0. The zero-order chi connectivity index (χ0) is 10.5. The molecule has 0 spiro atoms. The zero-order valence-electron chi connectivity index (χ0n) is 8.81. The Bertz CT molecular complexity index is 451. The third kappa shape index (κ3) is 3.13. The molecule has 0 amide bonds. The Hall–Kier alpha value is -1.24. The van der Waals surface area contributed by atoms with Gasteiger partial charge in [-0.2, -0.15) is 0 Å². The number of pyridine rings is 1. The molecule has 1 heterocycles. The fraction of sp³-hybridized carbons (Fsp3) is 0.0714. The first kappa shape index (κ1) is 12.8. The molecule has 2 heteroatoms. The van der Waals surface area contributed by atoms with Crippen LogP contribution in [0.5, 0.6) is 0 Å². The normalized spacial score (nSPS) is 9.25. The topological polar surface area (TPSA) is 12.9 Å². The molecular weight excluding hydrogens is 374 g/mol. The van der Waals surface area contributed by atoms with Crippen LogP contribution < -0.4 is 0 Å². The predicted octanol–water partition coefficient (Wildman–Crippen LogP) is 3.27. The Morgan fingerprint density at radius 3 is 2.88 bits per heavy atom. The average molecular weight is 386 g/mol. The van der Waals surface area contributed by atoms with E-state index in [1.165, 1.54) is 5.56 Å². The summed E-state index contributed by atoms with van der Waals surface area (Å²) in [6.45, 7) is 3.73. The standard InChI is InChI=1S/C14H12N.Ir/c1-2-6-12-7-5-8-13(11-12)14-9-3-4-10-15-14;/h2-5,7,9-11H,1,6H2;/q-1;. The monoisotopic (exact) mass is 387 g/mol. The summed E-state index contributed by atoms with van der Waals surface area (Å²) in [4.78, 5) is 4.29. The Kier molecular flexibility index (Phi) is 5.10. The van der Waals surface area contributed by atoms with E-state index >= 15 is 0 Å². The molecule has 16 heavy (non-hydrogen) atoms. The summed E-state index contributed by atoms with van der Waals surface area (Å²) >= 11 is 0. The molecule has 1 radical (unpaired) electrons. The fourth-order valence-electron chi connectivity index (χ4n) is 1.48. The van der Waals surface area contributed by atoms with Crippen molar-refractivity contribution in [2.24, 2.45) is 0 Å². The summed E-state index contributed by atoms with van der Waals surface area (Å²) in [6.07, 6.45) is 4.58.